The van der Waals surface area contributed by atoms with Crippen LogP contribution in [0.3, 0.4) is 0 Å². The summed E-state index contributed by atoms with van der Waals surface area (Å²) >= 11 is 1.45. The zero-order valence-electron chi connectivity index (χ0n) is 14.7. The molecule has 0 aromatic carbocycles. The molecule has 0 atom stereocenters. The minimum Gasteiger partial charge on any atom is -0.344 e. The Bertz CT molecular complexity index is 1180. The van der Waals surface area contributed by atoms with Crippen LogP contribution in [0, 0.1) is 0 Å². The highest BCUT2D eigenvalue weighted by atomic mass is 32.1. The van der Waals surface area contributed by atoms with Crippen molar-refractivity contribution in [3.8, 4) is 0 Å². The van der Waals surface area contributed by atoms with Crippen molar-refractivity contribution in [3.63, 3.8) is 0 Å². The number of anilines is 2. The summed E-state index contributed by atoms with van der Waals surface area (Å²) in [6.45, 7) is 2.43. The average molecular weight is 384 g/mol. The quantitative estimate of drug-likeness (QED) is 0.546. The highest BCUT2D eigenvalue weighted by Crippen LogP contribution is 2.24. The number of rotatable bonds is 5. The third kappa shape index (κ3) is 3.01. The molecule has 27 heavy (non-hydrogen) atoms. The van der Waals surface area contributed by atoms with Crippen LogP contribution in [0.5, 0.6) is 0 Å². The summed E-state index contributed by atoms with van der Waals surface area (Å²) in [4.78, 5) is 39.2. The monoisotopic (exact) mass is 384 g/mol. The van der Waals surface area contributed by atoms with E-state index in [1.54, 1.807) is 22.0 Å². The number of hydrogen-bond donors (Lipinski definition) is 1. The molecule has 0 bridgehead atoms. The molecule has 11 heteroatoms. The molecule has 0 unspecified atom stereocenters. The van der Waals surface area contributed by atoms with E-state index in [1.165, 1.54) is 23.9 Å². The van der Waals surface area contributed by atoms with Crippen molar-refractivity contribution in [2.75, 3.05) is 23.8 Å². The van der Waals surface area contributed by atoms with Crippen LogP contribution >= 0.6 is 11.3 Å². The molecular weight excluding hydrogens is 368 g/mol. The molecule has 4 heterocycles. The van der Waals surface area contributed by atoms with Gasteiger partial charge in [-0.3, -0.25) is 14.0 Å². The zero-order valence-corrected chi connectivity index (χ0v) is 15.5. The Kier molecular flexibility index (Phi) is 4.28. The fourth-order valence-corrected chi connectivity index (χ4v) is 3.38. The van der Waals surface area contributed by atoms with E-state index in [0.717, 1.165) is 9.38 Å². The van der Waals surface area contributed by atoms with E-state index in [1.807, 2.05) is 18.9 Å². The lowest BCUT2D eigenvalue weighted by molar-refractivity contribution is -0.117. The Morgan fingerprint density at radius 1 is 1.37 bits per heavy atom. The molecule has 0 fully saturated rings. The second-order valence-corrected chi connectivity index (χ2v) is 6.71. The summed E-state index contributed by atoms with van der Waals surface area (Å²) in [5.74, 6) is 0.509. The molecule has 0 aliphatic carbocycles. The number of amides is 1. The molecule has 0 aliphatic rings. The topological polar surface area (TPSA) is 110 Å². The Morgan fingerprint density at radius 3 is 2.96 bits per heavy atom. The molecule has 4 aromatic heterocycles. The van der Waals surface area contributed by atoms with E-state index in [9.17, 15) is 9.59 Å². The second-order valence-electron chi connectivity index (χ2n) is 5.82. The maximum atomic E-state index is 12.9. The summed E-state index contributed by atoms with van der Waals surface area (Å²) in [5.41, 5.74) is 2.50. The van der Waals surface area contributed by atoms with Crippen molar-refractivity contribution in [3.05, 3.63) is 40.5 Å². The van der Waals surface area contributed by atoms with Crippen LogP contribution in [0.25, 0.3) is 15.9 Å². The lowest BCUT2D eigenvalue weighted by atomic mass is 10.5. The molecule has 138 valence electrons. The first-order chi connectivity index (χ1) is 13.1. The number of thiazole rings is 1. The van der Waals surface area contributed by atoms with Gasteiger partial charge in [-0.2, -0.15) is 0 Å². The van der Waals surface area contributed by atoms with Crippen molar-refractivity contribution in [2.24, 2.45) is 0 Å². The van der Waals surface area contributed by atoms with Gasteiger partial charge in [0, 0.05) is 19.8 Å². The van der Waals surface area contributed by atoms with E-state index in [4.69, 9.17) is 0 Å². The predicted molar refractivity (Wildman–Crippen MR) is 102 cm³/mol. The average Bonchev–Trinajstić information content (AvgIpc) is 3.26. The maximum absolute atomic E-state index is 12.9. The van der Waals surface area contributed by atoms with E-state index in [-0.39, 0.29) is 12.1 Å². The summed E-state index contributed by atoms with van der Waals surface area (Å²) in [7, 11) is 1.87. The fourth-order valence-electron chi connectivity index (χ4n) is 2.69. The normalized spacial score (nSPS) is 11.2. The molecule has 0 saturated heterocycles. The Hall–Kier alpha value is -3.34. The lowest BCUT2D eigenvalue weighted by Gasteiger charge is -2.18. The van der Waals surface area contributed by atoms with Gasteiger partial charge in [0.1, 0.15) is 24.2 Å². The molecule has 10 nitrogen and oxygen atoms in total. The van der Waals surface area contributed by atoms with Crippen LogP contribution in [-0.4, -0.2) is 48.6 Å². The molecule has 0 aliphatic heterocycles. The van der Waals surface area contributed by atoms with Gasteiger partial charge in [0.25, 0.3) is 5.56 Å². The van der Waals surface area contributed by atoms with E-state index in [2.05, 4.69) is 25.4 Å². The predicted octanol–water partition coefficient (Wildman–Crippen LogP) is 0.990. The molecule has 0 spiro atoms. The van der Waals surface area contributed by atoms with Gasteiger partial charge in [0.2, 0.25) is 11.9 Å². The van der Waals surface area contributed by atoms with E-state index < -0.39 is 5.91 Å². The van der Waals surface area contributed by atoms with Crippen LogP contribution in [-0.2, 0) is 11.3 Å². The van der Waals surface area contributed by atoms with Crippen LogP contribution in [0.2, 0.25) is 0 Å². The summed E-state index contributed by atoms with van der Waals surface area (Å²) in [6, 6.07) is 3.35. The van der Waals surface area contributed by atoms with Crippen LogP contribution in [0.4, 0.5) is 11.8 Å². The third-order valence-corrected chi connectivity index (χ3v) is 4.88. The first-order valence-corrected chi connectivity index (χ1v) is 9.09. The first-order valence-electron chi connectivity index (χ1n) is 8.21. The molecule has 1 N–H and O–H groups in total. The Morgan fingerprint density at radius 2 is 2.22 bits per heavy atom. The van der Waals surface area contributed by atoms with Crippen molar-refractivity contribution < 1.29 is 4.79 Å². The van der Waals surface area contributed by atoms with E-state index >= 15 is 0 Å². The maximum Gasteiger partial charge on any atom is 0.291 e. The van der Waals surface area contributed by atoms with Crippen molar-refractivity contribution in [2.45, 2.75) is 13.5 Å². The van der Waals surface area contributed by atoms with Gasteiger partial charge >= 0.3 is 0 Å². The van der Waals surface area contributed by atoms with Crippen molar-refractivity contribution in [1.29, 1.82) is 0 Å². The highest BCUT2D eigenvalue weighted by molar-refractivity contribution is 7.16. The van der Waals surface area contributed by atoms with E-state index in [0.29, 0.717) is 29.5 Å². The summed E-state index contributed by atoms with van der Waals surface area (Å²) in [6.07, 6.45) is 2.86. The summed E-state index contributed by atoms with van der Waals surface area (Å²) < 4.78 is 3.79. The second kappa shape index (κ2) is 6.76. The third-order valence-electron chi connectivity index (χ3n) is 4.12. The fraction of sp³-hybridized carbons (Fsp3) is 0.250. The Balaban J connectivity index is 1.77. The molecular formula is C16H16N8O2S. The standard InChI is InChI=1S/C16H16N8O2S/c1-3-22(2)16-21-23(7-13(25)20-12-4-5-17-8-18-12)15(26)10-6-11-14(24(10)16)19-9-27-11/h4-6,8-9H,3,7H2,1-2H3,(H,17,18,20,25). The van der Waals surface area contributed by atoms with Gasteiger partial charge in [-0.25, -0.2) is 19.6 Å². The SMILES string of the molecule is CCN(C)c1nn(CC(=O)Nc2ccncn2)c(=O)c2cc3scnc3n12. The van der Waals surface area contributed by atoms with Gasteiger partial charge < -0.3 is 10.2 Å². The largest absolute Gasteiger partial charge is 0.344 e. The molecule has 0 saturated carbocycles. The van der Waals surface area contributed by atoms with Gasteiger partial charge in [-0.15, -0.1) is 16.4 Å². The van der Waals surface area contributed by atoms with Gasteiger partial charge in [0.15, 0.2) is 5.65 Å². The summed E-state index contributed by atoms with van der Waals surface area (Å²) in [5, 5.41) is 7.05. The Labute approximate surface area is 157 Å². The number of hydrogen-bond acceptors (Lipinski definition) is 8. The smallest absolute Gasteiger partial charge is 0.291 e. The van der Waals surface area contributed by atoms with Crippen LogP contribution in [0.15, 0.2) is 35.0 Å². The molecule has 0 radical (unpaired) electrons. The molecule has 4 aromatic rings. The molecule has 4 rings (SSSR count). The lowest BCUT2D eigenvalue weighted by Crippen LogP contribution is -2.34. The number of fused-ring (bicyclic) bond motifs is 3. The van der Waals surface area contributed by atoms with Crippen LogP contribution < -0.4 is 15.8 Å². The highest BCUT2D eigenvalue weighted by Gasteiger charge is 2.19. The van der Waals surface area contributed by atoms with Crippen molar-refractivity contribution >= 4 is 44.9 Å². The number of aromatic nitrogens is 6. The minimum atomic E-state index is -0.399. The molecule has 1 amide bonds. The van der Waals surface area contributed by atoms with Crippen molar-refractivity contribution in [1.82, 2.24) is 29.1 Å². The van der Waals surface area contributed by atoms with Gasteiger partial charge in [-0.1, -0.05) is 0 Å². The number of carbonyl (C=O) groups is 1. The number of carbonyl (C=O) groups excluding carboxylic acids is 1. The minimum absolute atomic E-state index is 0.226. The first kappa shape index (κ1) is 17.1. The number of nitrogens with zero attached hydrogens (tertiary/aromatic N) is 7. The zero-order chi connectivity index (χ0) is 19.0. The number of nitrogens with one attached hydrogen (secondary N) is 1. The van der Waals surface area contributed by atoms with Gasteiger partial charge in [-0.05, 0) is 19.1 Å². The van der Waals surface area contributed by atoms with Crippen LogP contribution in [0.1, 0.15) is 6.92 Å². The van der Waals surface area contributed by atoms with Gasteiger partial charge in [0.05, 0.1) is 10.2 Å².